The lowest BCUT2D eigenvalue weighted by Crippen LogP contribution is -2.23. The maximum absolute atomic E-state index is 13.0. The molecular weight excluding hydrogens is 377 g/mol. The Morgan fingerprint density at radius 1 is 0.931 bits per heavy atom. The molecule has 0 spiro atoms. The molecule has 2 aromatic carbocycles. The summed E-state index contributed by atoms with van der Waals surface area (Å²) in [6.07, 6.45) is 0.413. The van der Waals surface area contributed by atoms with Crippen LogP contribution < -0.4 is 15.4 Å². The third-order valence-corrected chi connectivity index (χ3v) is 3.96. The van der Waals surface area contributed by atoms with E-state index < -0.39 is 6.09 Å². The van der Waals surface area contributed by atoms with Crippen LogP contribution in [-0.4, -0.2) is 22.1 Å². The molecule has 1 heterocycles. The van der Waals surface area contributed by atoms with Gasteiger partial charge in [-0.05, 0) is 47.5 Å². The van der Waals surface area contributed by atoms with Crippen LogP contribution in [-0.2, 0) is 13.1 Å². The van der Waals surface area contributed by atoms with Crippen molar-refractivity contribution in [2.24, 2.45) is 0 Å². The van der Waals surface area contributed by atoms with Crippen molar-refractivity contribution in [3.63, 3.8) is 0 Å². The number of aromatic nitrogens is 1. The van der Waals surface area contributed by atoms with Gasteiger partial charge in [0.25, 0.3) is 5.91 Å². The molecule has 0 aliphatic carbocycles. The summed E-state index contributed by atoms with van der Waals surface area (Å²) < 4.78 is 18.6. The zero-order valence-electron chi connectivity index (χ0n) is 15.3. The Hall–Kier alpha value is -3.94. The lowest BCUT2D eigenvalue weighted by atomic mass is 10.1. The van der Waals surface area contributed by atoms with E-state index in [1.807, 2.05) is 0 Å². The van der Waals surface area contributed by atoms with E-state index in [4.69, 9.17) is 9.84 Å². The molecule has 1 aromatic heterocycles. The first kappa shape index (κ1) is 19.8. The summed E-state index contributed by atoms with van der Waals surface area (Å²) >= 11 is 0. The number of ether oxygens (including phenoxy) is 1. The van der Waals surface area contributed by atoms with Gasteiger partial charge in [-0.15, -0.1) is 0 Å². The first-order valence-electron chi connectivity index (χ1n) is 8.72. The summed E-state index contributed by atoms with van der Waals surface area (Å²) in [5.41, 5.74) is 1.91. The van der Waals surface area contributed by atoms with Gasteiger partial charge in [0.05, 0.1) is 0 Å². The second kappa shape index (κ2) is 9.32. The number of halogens is 1. The monoisotopic (exact) mass is 395 g/mol. The Kier molecular flexibility index (Phi) is 6.36. The number of nitrogens with zero attached hydrogens (tertiary/aromatic N) is 1. The smallest absolute Gasteiger partial charge is 0.404 e. The highest BCUT2D eigenvalue weighted by molar-refractivity contribution is 5.96. The van der Waals surface area contributed by atoms with Crippen LogP contribution in [0.4, 0.5) is 9.18 Å². The molecule has 3 aromatic rings. The highest BCUT2D eigenvalue weighted by Gasteiger charge is 2.14. The van der Waals surface area contributed by atoms with E-state index in [9.17, 15) is 14.0 Å². The standard InChI is InChI=1S/C21H18FN3O4/c22-16-7-9-17(10-8-16)29-20-18(2-1-11-23-20)19(26)24-12-14-3-5-15(6-4-14)13-25-21(27)28/h1-11,25H,12-13H2,(H,24,26)(H,27,28). The van der Waals surface area contributed by atoms with E-state index in [0.717, 1.165) is 11.1 Å². The quantitative estimate of drug-likeness (QED) is 0.566. The first-order valence-corrected chi connectivity index (χ1v) is 8.72. The molecule has 8 heteroatoms. The van der Waals surface area contributed by atoms with Crippen molar-refractivity contribution in [2.45, 2.75) is 13.1 Å². The SMILES string of the molecule is O=C(O)NCc1ccc(CNC(=O)c2cccnc2Oc2ccc(F)cc2)cc1. The molecule has 2 amide bonds. The number of benzene rings is 2. The normalized spacial score (nSPS) is 10.2. The van der Waals surface area contributed by atoms with E-state index in [1.54, 1.807) is 36.4 Å². The van der Waals surface area contributed by atoms with E-state index in [0.29, 0.717) is 5.75 Å². The molecule has 3 N–H and O–H groups in total. The van der Waals surface area contributed by atoms with Crippen LogP contribution in [0.3, 0.4) is 0 Å². The van der Waals surface area contributed by atoms with Crippen LogP contribution in [0.25, 0.3) is 0 Å². The van der Waals surface area contributed by atoms with Crippen molar-refractivity contribution in [1.29, 1.82) is 0 Å². The van der Waals surface area contributed by atoms with Crippen LogP contribution in [0.5, 0.6) is 11.6 Å². The number of pyridine rings is 1. The second-order valence-electron chi connectivity index (χ2n) is 6.07. The van der Waals surface area contributed by atoms with E-state index in [2.05, 4.69) is 15.6 Å². The molecule has 29 heavy (non-hydrogen) atoms. The van der Waals surface area contributed by atoms with E-state index >= 15 is 0 Å². The highest BCUT2D eigenvalue weighted by Crippen LogP contribution is 2.23. The molecule has 0 atom stereocenters. The lowest BCUT2D eigenvalue weighted by molar-refractivity contribution is 0.0948. The molecule has 7 nitrogen and oxygen atoms in total. The number of carbonyl (C=O) groups is 2. The van der Waals surface area contributed by atoms with Crippen LogP contribution in [0.1, 0.15) is 21.5 Å². The number of carbonyl (C=O) groups excluding carboxylic acids is 1. The summed E-state index contributed by atoms with van der Waals surface area (Å²) in [4.78, 5) is 27.2. The fourth-order valence-electron chi connectivity index (χ4n) is 2.49. The van der Waals surface area contributed by atoms with Gasteiger partial charge in [-0.2, -0.15) is 0 Å². The Morgan fingerprint density at radius 3 is 2.17 bits per heavy atom. The molecular formula is C21H18FN3O4. The average molecular weight is 395 g/mol. The Morgan fingerprint density at radius 2 is 1.55 bits per heavy atom. The number of hydrogen-bond acceptors (Lipinski definition) is 4. The summed E-state index contributed by atoms with van der Waals surface area (Å²) in [6.45, 7) is 0.484. The van der Waals surface area contributed by atoms with Crippen LogP contribution >= 0.6 is 0 Å². The maximum Gasteiger partial charge on any atom is 0.404 e. The van der Waals surface area contributed by atoms with E-state index in [1.165, 1.54) is 30.5 Å². The van der Waals surface area contributed by atoms with Crippen molar-refractivity contribution in [1.82, 2.24) is 15.6 Å². The molecule has 0 aliphatic rings. The summed E-state index contributed by atoms with van der Waals surface area (Å²) in [7, 11) is 0. The third kappa shape index (κ3) is 5.77. The first-order chi connectivity index (χ1) is 14.0. The molecule has 0 saturated carbocycles. The van der Waals surface area contributed by atoms with Gasteiger partial charge < -0.3 is 20.5 Å². The van der Waals surface area contributed by atoms with Crippen molar-refractivity contribution in [3.05, 3.63) is 89.4 Å². The largest absolute Gasteiger partial charge is 0.465 e. The Balaban J connectivity index is 1.62. The Labute approximate surface area is 166 Å². The van der Waals surface area contributed by atoms with Crippen molar-refractivity contribution in [2.75, 3.05) is 0 Å². The zero-order chi connectivity index (χ0) is 20.6. The highest BCUT2D eigenvalue weighted by atomic mass is 19.1. The van der Waals surface area contributed by atoms with Crippen molar-refractivity contribution < 1.29 is 23.8 Å². The summed E-state index contributed by atoms with van der Waals surface area (Å²) in [5, 5.41) is 13.7. The number of hydrogen-bond donors (Lipinski definition) is 3. The van der Waals surface area contributed by atoms with E-state index in [-0.39, 0.29) is 36.3 Å². The van der Waals surface area contributed by atoms with Gasteiger partial charge in [-0.1, -0.05) is 24.3 Å². The third-order valence-electron chi connectivity index (χ3n) is 3.96. The fourth-order valence-corrected chi connectivity index (χ4v) is 2.49. The number of carboxylic acid groups (broad SMARTS) is 1. The average Bonchev–Trinajstić information content (AvgIpc) is 2.73. The van der Waals surface area contributed by atoms with Gasteiger partial charge in [0.2, 0.25) is 5.88 Å². The van der Waals surface area contributed by atoms with Crippen LogP contribution in [0, 0.1) is 5.82 Å². The summed E-state index contributed by atoms with van der Waals surface area (Å²) in [6, 6.07) is 15.8. The predicted molar refractivity (Wildman–Crippen MR) is 103 cm³/mol. The molecule has 0 bridgehead atoms. The van der Waals surface area contributed by atoms with Gasteiger partial charge in [0.15, 0.2) is 0 Å². The lowest BCUT2D eigenvalue weighted by Gasteiger charge is -2.11. The van der Waals surface area contributed by atoms with Crippen LogP contribution in [0.2, 0.25) is 0 Å². The molecule has 0 unspecified atom stereocenters. The minimum Gasteiger partial charge on any atom is -0.465 e. The minimum absolute atomic E-state index is 0.117. The minimum atomic E-state index is -1.09. The zero-order valence-corrected chi connectivity index (χ0v) is 15.3. The predicted octanol–water partition coefficient (Wildman–Crippen LogP) is 3.71. The number of amides is 2. The molecule has 0 fully saturated rings. The summed E-state index contributed by atoms with van der Waals surface area (Å²) in [5.74, 6) is -0.274. The van der Waals surface area contributed by atoms with Crippen LogP contribution in [0.15, 0.2) is 66.9 Å². The van der Waals surface area contributed by atoms with Crippen molar-refractivity contribution >= 4 is 12.0 Å². The molecule has 0 saturated heterocycles. The van der Waals surface area contributed by atoms with Gasteiger partial charge in [-0.25, -0.2) is 14.2 Å². The molecule has 148 valence electrons. The van der Waals surface area contributed by atoms with Gasteiger partial charge in [0, 0.05) is 19.3 Å². The molecule has 3 rings (SSSR count). The molecule has 0 aliphatic heterocycles. The van der Waals surface area contributed by atoms with Gasteiger partial charge in [-0.3, -0.25) is 4.79 Å². The topological polar surface area (TPSA) is 101 Å². The van der Waals surface area contributed by atoms with Gasteiger partial charge >= 0.3 is 6.09 Å². The second-order valence-corrected chi connectivity index (χ2v) is 6.07. The number of rotatable bonds is 7. The maximum atomic E-state index is 13.0. The van der Waals surface area contributed by atoms with Gasteiger partial charge in [0.1, 0.15) is 17.1 Å². The Bertz CT molecular complexity index is 992. The van der Waals surface area contributed by atoms with Crippen molar-refractivity contribution in [3.8, 4) is 11.6 Å². The fraction of sp³-hybridized carbons (Fsp3) is 0.0952. The number of nitrogens with one attached hydrogen (secondary N) is 2. The molecule has 0 radical (unpaired) electrons.